The summed E-state index contributed by atoms with van der Waals surface area (Å²) in [6.07, 6.45) is 2.62. The molecule has 109 heavy (non-hydrogen) atoms. The molecule has 0 spiro atoms. The van der Waals surface area contributed by atoms with Gasteiger partial charge in [0, 0.05) is 20.0 Å². The molecule has 0 heterocycles. The molecule has 0 aliphatic carbocycles. The van der Waals surface area contributed by atoms with E-state index in [0.717, 1.165) is 0 Å². The first kappa shape index (κ1) is 99.5. The number of primary amides is 1. The third kappa shape index (κ3) is 41.6. The molecule has 0 aromatic rings. The topological polar surface area (TPSA) is 631 Å². The molecule has 0 aromatic heterocycles. The smallest absolute Gasteiger partial charge is 0.243 e. The largest absolute Gasteiger partial charge is 0.370 e. The first-order valence-corrected chi connectivity index (χ1v) is 37.8. The fourth-order valence-corrected chi connectivity index (χ4v) is 11.1. The SMILES string of the molecule is CC(=O)N[C@@H](CCCCN)C(=O)N[C@H](C(=O)N[C@@H](C)C(=O)NCC(=O)N[C@@H](CCCN=C(N)N)C(=O)N[C@@H](CC(C)C)C(=O)N[C@H](C(=O)N[C@@H](CCCCN)C(=O)N[C@H](C(=O)N[C@@H](CC(C)C)C(=O)NCC(=O)N[C@@H](CCCN=C(N)N)C(=O)N[C@@H](CC(C)C)C(=O)N[C@H](C(N)=O)C(C)C)C(C)C)C(C)C)C(C)C. The highest BCUT2D eigenvalue weighted by molar-refractivity contribution is 6.00. The van der Waals surface area contributed by atoms with Crippen molar-refractivity contribution in [1.82, 2.24) is 74.4 Å². The van der Waals surface area contributed by atoms with Crippen molar-refractivity contribution in [3.05, 3.63) is 0 Å². The van der Waals surface area contributed by atoms with Crippen molar-refractivity contribution in [1.29, 1.82) is 0 Å². The Labute approximate surface area is 642 Å². The minimum atomic E-state index is -1.35. The zero-order valence-electron chi connectivity index (χ0n) is 67.0. The van der Waals surface area contributed by atoms with Gasteiger partial charge in [-0.25, -0.2) is 0 Å². The van der Waals surface area contributed by atoms with Crippen LogP contribution >= 0.6 is 0 Å². The number of hydrogen-bond donors (Lipinski definition) is 21. The van der Waals surface area contributed by atoms with E-state index in [9.17, 15) is 71.9 Å². The van der Waals surface area contributed by atoms with Crippen LogP contribution in [-0.4, -0.2) is 212 Å². The zero-order chi connectivity index (χ0) is 83.5. The van der Waals surface area contributed by atoms with Crippen LogP contribution in [0.25, 0.3) is 0 Å². The number of aliphatic imine (C=N–C) groups is 2. The van der Waals surface area contributed by atoms with E-state index >= 15 is 0 Å². The molecule has 0 saturated heterocycles. The van der Waals surface area contributed by atoms with E-state index in [2.05, 4.69) is 84.4 Å². The van der Waals surface area contributed by atoms with E-state index in [1.807, 2.05) is 13.8 Å². The van der Waals surface area contributed by atoms with Crippen molar-refractivity contribution < 1.29 is 71.9 Å². The Morgan fingerprint density at radius 2 is 0.569 bits per heavy atom. The highest BCUT2D eigenvalue weighted by Gasteiger charge is 2.38. The Kier molecular flexibility index (Phi) is 48.0. The summed E-state index contributed by atoms with van der Waals surface area (Å²) in [5.74, 6) is -14.4. The molecule has 0 saturated carbocycles. The molecule has 38 heteroatoms. The first-order valence-electron chi connectivity index (χ1n) is 37.8. The number of nitrogens with one attached hydrogen (secondary N) is 14. The van der Waals surface area contributed by atoms with Gasteiger partial charge in [-0.15, -0.1) is 0 Å². The van der Waals surface area contributed by atoms with Gasteiger partial charge in [-0.1, -0.05) is 96.9 Å². The number of carbonyl (C=O) groups is 15. The second-order valence-electron chi connectivity index (χ2n) is 30.1. The van der Waals surface area contributed by atoms with Crippen molar-refractivity contribution >= 4 is 101 Å². The Morgan fingerprint density at radius 1 is 0.294 bits per heavy atom. The summed E-state index contributed by atoms with van der Waals surface area (Å²) in [5.41, 5.74) is 39.1. The van der Waals surface area contributed by atoms with Gasteiger partial charge in [0.25, 0.3) is 0 Å². The van der Waals surface area contributed by atoms with Gasteiger partial charge in [-0.05, 0) is 145 Å². The lowest BCUT2D eigenvalue weighted by Gasteiger charge is -2.30. The van der Waals surface area contributed by atoms with Crippen LogP contribution in [0.15, 0.2) is 9.98 Å². The monoisotopic (exact) mass is 1550 g/mol. The van der Waals surface area contributed by atoms with Crippen molar-refractivity contribution in [2.45, 2.75) is 267 Å². The van der Waals surface area contributed by atoms with E-state index < -0.39 is 192 Å². The molecule has 0 unspecified atom stereocenters. The number of nitrogens with two attached hydrogens (primary N) is 7. The number of guanidine groups is 2. The average Bonchev–Trinajstić information content (AvgIpc) is 0.865. The van der Waals surface area contributed by atoms with Gasteiger partial charge >= 0.3 is 0 Å². The average molecular weight is 1550 g/mol. The van der Waals surface area contributed by atoms with Crippen LogP contribution in [0.2, 0.25) is 0 Å². The Balaban J connectivity index is 6.71. The van der Waals surface area contributed by atoms with Crippen LogP contribution in [-0.2, 0) is 71.9 Å². The van der Waals surface area contributed by atoms with Crippen molar-refractivity contribution in [2.75, 3.05) is 39.3 Å². The predicted molar refractivity (Wildman–Crippen MR) is 413 cm³/mol. The maximum Gasteiger partial charge on any atom is 0.243 e. The molecule has 622 valence electrons. The van der Waals surface area contributed by atoms with Gasteiger partial charge in [0.05, 0.1) is 13.1 Å². The van der Waals surface area contributed by atoms with Crippen LogP contribution < -0.4 is 115 Å². The fraction of sp³-hybridized carbons (Fsp3) is 0.761. The molecule has 38 nitrogen and oxygen atoms in total. The second kappa shape index (κ2) is 52.5. The predicted octanol–water partition coefficient (Wildman–Crippen LogP) is -4.31. The maximum atomic E-state index is 14.5. The van der Waals surface area contributed by atoms with Crippen molar-refractivity contribution in [2.24, 2.45) is 91.5 Å². The minimum Gasteiger partial charge on any atom is -0.370 e. The van der Waals surface area contributed by atoms with Crippen molar-refractivity contribution in [3.63, 3.8) is 0 Å². The summed E-state index contributed by atoms with van der Waals surface area (Å²) in [6.45, 7) is 26.0. The summed E-state index contributed by atoms with van der Waals surface area (Å²) in [7, 11) is 0. The van der Waals surface area contributed by atoms with E-state index in [-0.39, 0.29) is 113 Å². The Hall–Kier alpha value is -9.49. The standard InChI is InChI=1S/C71H133N23O15/c1-36(2)31-49(60(100)82-35-53(97)86-47(26-22-30-80-71(77)78)61(101)88-50(32-37(3)4)65(105)91-54(39(7)8)58(74)98)90-69(109)57(42(13)14)93-64(104)48(24-18-20-28-73)87-68(108)56(41(11)12)94-66(106)51(33-38(5)6)89-62(102)46(25-21-29-79-70(75)76)85-52(96)34-81-59(99)43(15)83-67(107)55(40(9)10)92-63(103)45(84-44(16)95)23-17-19-27-72/h36-43,45-51,54-57H,17-35,72-73H2,1-16H3,(H2,74,98)(H,81,99)(H,82,100)(H,83,107)(H,84,95)(H,85,96)(H,86,97)(H,87,108)(H,88,101)(H,89,102)(H,90,109)(H,91,105)(H,92,103)(H,93,104)(H,94,106)(H4,75,76,79)(H4,77,78,80)/t43-,45-,46-,47-,48-,49-,50-,51-,54-,55-,56-,57-/m0/s1. The van der Waals surface area contributed by atoms with Gasteiger partial charge in [0.2, 0.25) is 88.6 Å². The van der Waals surface area contributed by atoms with Crippen LogP contribution in [0.4, 0.5) is 0 Å². The number of hydrogen-bond acceptors (Lipinski definition) is 19. The minimum absolute atomic E-state index is 0.0179. The molecule has 0 bridgehead atoms. The highest BCUT2D eigenvalue weighted by Crippen LogP contribution is 2.16. The molecule has 0 fully saturated rings. The van der Waals surface area contributed by atoms with E-state index in [1.165, 1.54) is 13.8 Å². The highest BCUT2D eigenvalue weighted by atomic mass is 16.2. The first-order chi connectivity index (χ1) is 50.9. The second-order valence-corrected chi connectivity index (χ2v) is 30.1. The maximum absolute atomic E-state index is 14.5. The lowest BCUT2D eigenvalue weighted by atomic mass is 9.98. The van der Waals surface area contributed by atoms with Crippen LogP contribution in [0.1, 0.15) is 194 Å². The lowest BCUT2D eigenvalue weighted by Crippen LogP contribution is -2.61. The van der Waals surface area contributed by atoms with Gasteiger partial charge in [0.15, 0.2) is 11.9 Å². The zero-order valence-corrected chi connectivity index (χ0v) is 67.0. The third-order valence-corrected chi connectivity index (χ3v) is 17.0. The summed E-state index contributed by atoms with van der Waals surface area (Å²) in [5, 5.41) is 36.8. The van der Waals surface area contributed by atoms with E-state index in [4.69, 9.17) is 40.1 Å². The van der Waals surface area contributed by atoms with Crippen LogP contribution in [0.5, 0.6) is 0 Å². The molecule has 12 atom stereocenters. The summed E-state index contributed by atoms with van der Waals surface area (Å²) in [6, 6.07) is -14.7. The quantitative estimate of drug-likeness (QED) is 0.0156. The molecule has 0 rings (SSSR count). The summed E-state index contributed by atoms with van der Waals surface area (Å²) >= 11 is 0. The molecule has 0 aliphatic rings. The molecular formula is C71H133N23O15. The normalized spacial score (nSPS) is 14.6. The number of unbranched alkanes of at least 4 members (excludes halogenated alkanes) is 2. The molecule has 0 aliphatic heterocycles. The molecule has 0 radical (unpaired) electrons. The fourth-order valence-electron chi connectivity index (χ4n) is 11.1. The summed E-state index contributed by atoms with van der Waals surface area (Å²) < 4.78 is 0. The van der Waals surface area contributed by atoms with E-state index in [1.54, 1.807) is 83.1 Å². The molecule has 28 N–H and O–H groups in total. The number of nitrogens with zero attached hydrogens (tertiary/aromatic N) is 2. The van der Waals surface area contributed by atoms with Gasteiger partial charge in [-0.2, -0.15) is 0 Å². The number of amides is 15. The Morgan fingerprint density at radius 3 is 0.890 bits per heavy atom. The number of rotatable bonds is 54. The van der Waals surface area contributed by atoms with Gasteiger partial charge in [-0.3, -0.25) is 81.9 Å². The lowest BCUT2D eigenvalue weighted by molar-refractivity contribution is -0.136. The number of carbonyl (C=O) groups excluding carboxylic acids is 15. The van der Waals surface area contributed by atoms with Crippen molar-refractivity contribution in [3.8, 4) is 0 Å². The third-order valence-electron chi connectivity index (χ3n) is 17.0. The van der Waals surface area contributed by atoms with E-state index in [0.29, 0.717) is 32.2 Å². The van der Waals surface area contributed by atoms with Gasteiger partial charge < -0.3 is 115 Å². The molecular weight excluding hydrogens is 1410 g/mol. The van der Waals surface area contributed by atoms with Crippen LogP contribution in [0.3, 0.4) is 0 Å². The molecule has 0 aromatic carbocycles. The van der Waals surface area contributed by atoms with Crippen LogP contribution in [0, 0.1) is 41.4 Å². The Bertz CT molecular complexity index is 3030. The van der Waals surface area contributed by atoms with Gasteiger partial charge in [0.1, 0.15) is 72.5 Å². The molecule has 15 amide bonds. The summed E-state index contributed by atoms with van der Waals surface area (Å²) in [4.78, 5) is 213.